The summed E-state index contributed by atoms with van der Waals surface area (Å²) in [5.41, 5.74) is 0. The minimum absolute atomic E-state index is 0.0773. The van der Waals surface area contributed by atoms with Gasteiger partial charge < -0.3 is 19.8 Å². The molecule has 3 atom stereocenters. The Kier molecular flexibility index (Phi) is 36.7. The van der Waals surface area contributed by atoms with Gasteiger partial charge in [-0.1, -0.05) is 206 Å². The molecule has 9 heteroatoms. The van der Waals surface area contributed by atoms with E-state index in [0.29, 0.717) is 23.9 Å². The van der Waals surface area contributed by atoms with Gasteiger partial charge in [0, 0.05) is 6.42 Å². The SMILES string of the molecule is CCCCCCCCCCCCCCCCCCCCCCCCCCCCCC(O)C(COP(=O)(O)OCC[N+](C)(C)C)NC(=O)CCCCCC. The summed E-state index contributed by atoms with van der Waals surface area (Å²) in [5, 5.41) is 13.8. The Morgan fingerprint density at radius 3 is 1.26 bits per heavy atom. The topological polar surface area (TPSA) is 105 Å². The molecule has 0 saturated heterocycles. The highest BCUT2D eigenvalue weighted by molar-refractivity contribution is 7.47. The van der Waals surface area contributed by atoms with Gasteiger partial charge in [-0.2, -0.15) is 0 Å². The smallest absolute Gasteiger partial charge is 0.391 e. The number of quaternary nitrogens is 1. The van der Waals surface area contributed by atoms with Gasteiger partial charge in [0.25, 0.3) is 0 Å². The molecule has 318 valence electrons. The van der Waals surface area contributed by atoms with Crippen LogP contribution >= 0.6 is 7.82 Å². The van der Waals surface area contributed by atoms with Gasteiger partial charge in [0.05, 0.1) is 39.9 Å². The van der Waals surface area contributed by atoms with Crippen molar-refractivity contribution in [3.8, 4) is 0 Å². The molecule has 1 amide bonds. The summed E-state index contributed by atoms with van der Waals surface area (Å²) in [7, 11) is 1.62. The van der Waals surface area contributed by atoms with E-state index in [1.54, 1.807) is 0 Å². The second-order valence-electron chi connectivity index (χ2n) is 17.1. The van der Waals surface area contributed by atoms with E-state index in [4.69, 9.17) is 9.05 Å². The zero-order valence-electron chi connectivity index (χ0n) is 36.0. The molecular weight excluding hydrogens is 683 g/mol. The first kappa shape index (κ1) is 52.5. The third-order valence-corrected chi connectivity index (χ3v) is 11.6. The second-order valence-corrected chi connectivity index (χ2v) is 18.6. The van der Waals surface area contributed by atoms with Crippen molar-refractivity contribution >= 4 is 13.7 Å². The van der Waals surface area contributed by atoms with E-state index in [-0.39, 0.29) is 19.1 Å². The Labute approximate surface area is 329 Å². The molecule has 0 aromatic rings. The van der Waals surface area contributed by atoms with E-state index in [9.17, 15) is 19.4 Å². The highest BCUT2D eigenvalue weighted by Gasteiger charge is 2.28. The number of amides is 1. The van der Waals surface area contributed by atoms with Crippen LogP contribution in [0.25, 0.3) is 0 Å². The standard InChI is InChI=1S/C44H91N2O6P/c1-6-8-10-12-13-14-15-16-17-18-19-20-21-22-23-24-25-26-27-28-29-30-31-32-33-34-35-37-43(47)42(45-44(48)38-36-11-9-7-2)41-52-53(49,50)51-40-39-46(3,4)5/h42-43,47H,6-41H2,1-5H3,(H-,45,48,49,50)/p+1. The summed E-state index contributed by atoms with van der Waals surface area (Å²) in [6.45, 7) is 4.78. The van der Waals surface area contributed by atoms with Crippen LogP contribution in [0.2, 0.25) is 0 Å². The molecule has 0 bridgehead atoms. The Morgan fingerprint density at radius 2 is 0.906 bits per heavy atom. The number of unbranched alkanes of at least 4 members (excludes halogenated alkanes) is 29. The minimum atomic E-state index is -4.29. The molecule has 0 spiro atoms. The maximum Gasteiger partial charge on any atom is 0.472 e. The number of aliphatic hydroxyl groups is 1. The number of likely N-dealkylation sites (N-methyl/N-ethyl adjacent to an activating group) is 1. The number of nitrogens with zero attached hydrogens (tertiary/aromatic N) is 1. The maximum absolute atomic E-state index is 12.6. The predicted molar refractivity (Wildman–Crippen MR) is 226 cm³/mol. The molecule has 0 aromatic heterocycles. The molecular formula is C44H92N2O6P+. The van der Waals surface area contributed by atoms with Crippen molar-refractivity contribution in [2.24, 2.45) is 0 Å². The molecule has 53 heavy (non-hydrogen) atoms. The predicted octanol–water partition coefficient (Wildman–Crippen LogP) is 12.6. The first-order valence-corrected chi connectivity index (χ1v) is 24.4. The Morgan fingerprint density at radius 1 is 0.566 bits per heavy atom. The fourth-order valence-electron chi connectivity index (χ4n) is 6.93. The van der Waals surface area contributed by atoms with Crippen molar-refractivity contribution in [1.29, 1.82) is 0 Å². The Hall–Kier alpha value is -0.500. The fourth-order valence-corrected chi connectivity index (χ4v) is 7.67. The zero-order chi connectivity index (χ0) is 39.3. The molecule has 0 aliphatic rings. The number of phosphoric ester groups is 1. The van der Waals surface area contributed by atoms with Crippen molar-refractivity contribution in [2.75, 3.05) is 40.9 Å². The van der Waals surface area contributed by atoms with Gasteiger partial charge in [-0.05, 0) is 12.8 Å². The molecule has 0 aliphatic carbocycles. The zero-order valence-corrected chi connectivity index (χ0v) is 36.9. The molecule has 0 fully saturated rings. The lowest BCUT2D eigenvalue weighted by molar-refractivity contribution is -0.870. The van der Waals surface area contributed by atoms with Crippen LogP contribution in [0.3, 0.4) is 0 Å². The van der Waals surface area contributed by atoms with E-state index in [2.05, 4.69) is 19.2 Å². The summed E-state index contributed by atoms with van der Waals surface area (Å²) in [6.07, 6.45) is 40.7. The van der Waals surface area contributed by atoms with Crippen LogP contribution in [0, 0.1) is 0 Å². The number of nitrogens with one attached hydrogen (secondary N) is 1. The summed E-state index contributed by atoms with van der Waals surface area (Å²) >= 11 is 0. The lowest BCUT2D eigenvalue weighted by Crippen LogP contribution is -2.46. The van der Waals surface area contributed by atoms with Gasteiger partial charge in [-0.25, -0.2) is 4.57 Å². The van der Waals surface area contributed by atoms with Crippen molar-refractivity contribution in [3.63, 3.8) is 0 Å². The first-order chi connectivity index (χ1) is 25.5. The monoisotopic (exact) mass is 776 g/mol. The lowest BCUT2D eigenvalue weighted by Gasteiger charge is -2.26. The molecule has 8 nitrogen and oxygen atoms in total. The number of carbonyl (C=O) groups is 1. The first-order valence-electron chi connectivity index (χ1n) is 22.9. The Bertz CT molecular complexity index is 839. The molecule has 3 unspecified atom stereocenters. The van der Waals surface area contributed by atoms with Crippen LogP contribution in [0.5, 0.6) is 0 Å². The minimum Gasteiger partial charge on any atom is -0.391 e. The number of carbonyl (C=O) groups excluding carboxylic acids is 1. The van der Waals surface area contributed by atoms with Crippen LogP contribution < -0.4 is 5.32 Å². The van der Waals surface area contributed by atoms with E-state index in [1.807, 2.05) is 21.1 Å². The number of hydrogen-bond acceptors (Lipinski definition) is 5. The molecule has 0 saturated carbocycles. The van der Waals surface area contributed by atoms with Crippen molar-refractivity contribution in [3.05, 3.63) is 0 Å². The molecule has 0 heterocycles. The van der Waals surface area contributed by atoms with Crippen molar-refractivity contribution in [1.82, 2.24) is 5.32 Å². The highest BCUT2D eigenvalue weighted by Crippen LogP contribution is 2.43. The summed E-state index contributed by atoms with van der Waals surface area (Å²) in [4.78, 5) is 22.8. The van der Waals surface area contributed by atoms with Gasteiger partial charge in [0.15, 0.2) is 0 Å². The molecule has 0 radical (unpaired) electrons. The van der Waals surface area contributed by atoms with Crippen LogP contribution in [-0.2, 0) is 18.4 Å². The molecule has 0 aromatic carbocycles. The van der Waals surface area contributed by atoms with Gasteiger partial charge in [-0.3, -0.25) is 13.8 Å². The van der Waals surface area contributed by atoms with Crippen LogP contribution in [0.15, 0.2) is 0 Å². The van der Waals surface area contributed by atoms with Gasteiger partial charge in [-0.15, -0.1) is 0 Å². The van der Waals surface area contributed by atoms with E-state index < -0.39 is 20.0 Å². The van der Waals surface area contributed by atoms with E-state index in [1.165, 1.54) is 154 Å². The van der Waals surface area contributed by atoms with E-state index >= 15 is 0 Å². The van der Waals surface area contributed by atoms with Crippen molar-refractivity contribution in [2.45, 2.75) is 238 Å². The lowest BCUT2D eigenvalue weighted by atomic mass is 10.0. The normalized spacial score (nSPS) is 14.3. The van der Waals surface area contributed by atoms with Crippen molar-refractivity contribution < 1.29 is 32.9 Å². The Balaban J connectivity index is 3.87. The van der Waals surface area contributed by atoms with Crippen LogP contribution in [0.4, 0.5) is 0 Å². The number of aliphatic hydroxyl groups excluding tert-OH is 1. The van der Waals surface area contributed by atoms with Gasteiger partial charge >= 0.3 is 7.82 Å². The molecule has 0 aliphatic heterocycles. The number of rotatable bonds is 42. The second kappa shape index (κ2) is 37.1. The number of phosphoric acid groups is 1. The summed E-state index contributed by atoms with van der Waals surface area (Å²) in [5.74, 6) is -0.160. The van der Waals surface area contributed by atoms with Crippen LogP contribution in [-0.4, -0.2) is 73.4 Å². The number of hydrogen-bond donors (Lipinski definition) is 3. The highest BCUT2D eigenvalue weighted by atomic mass is 31.2. The van der Waals surface area contributed by atoms with Crippen LogP contribution in [0.1, 0.15) is 226 Å². The quantitative estimate of drug-likeness (QED) is 0.0324. The van der Waals surface area contributed by atoms with E-state index in [0.717, 1.165) is 44.9 Å². The average molecular weight is 776 g/mol. The fraction of sp³-hybridized carbons (Fsp3) is 0.977. The third-order valence-electron chi connectivity index (χ3n) is 10.6. The summed E-state index contributed by atoms with van der Waals surface area (Å²) < 4.78 is 23.4. The maximum atomic E-state index is 12.6. The summed E-state index contributed by atoms with van der Waals surface area (Å²) in [6, 6.07) is -0.750. The van der Waals surface area contributed by atoms with Gasteiger partial charge in [0.1, 0.15) is 13.2 Å². The third kappa shape index (κ3) is 39.5. The molecule has 3 N–H and O–H groups in total. The average Bonchev–Trinajstić information content (AvgIpc) is 3.10. The largest absolute Gasteiger partial charge is 0.472 e. The van der Waals surface area contributed by atoms with Gasteiger partial charge in [0.2, 0.25) is 5.91 Å². The molecule has 0 rings (SSSR count).